The molecule has 1 aliphatic heterocycles. The SMILES string of the molecule is COc1ccc(-c2ccc3c(c2)N=CCC(c2ccnnc2)=N3)cc1OC. The van der Waals surface area contributed by atoms with Gasteiger partial charge in [-0.2, -0.15) is 10.2 Å². The maximum absolute atomic E-state index is 5.41. The maximum Gasteiger partial charge on any atom is 0.161 e. The molecule has 6 heteroatoms. The number of nitrogens with zero attached hydrogens (tertiary/aromatic N) is 4. The van der Waals surface area contributed by atoms with Gasteiger partial charge in [0.15, 0.2) is 11.5 Å². The van der Waals surface area contributed by atoms with Crippen molar-refractivity contribution in [1.29, 1.82) is 0 Å². The summed E-state index contributed by atoms with van der Waals surface area (Å²) in [5.74, 6) is 1.40. The van der Waals surface area contributed by atoms with Crippen LogP contribution in [0.2, 0.25) is 0 Å². The lowest BCUT2D eigenvalue weighted by atomic mass is 10.0. The number of ether oxygens (including phenoxy) is 2. The highest BCUT2D eigenvalue weighted by molar-refractivity contribution is 6.10. The normalized spacial score (nSPS) is 12.7. The zero-order valence-electron chi connectivity index (χ0n) is 15.1. The topological polar surface area (TPSA) is 69.0 Å². The minimum absolute atomic E-state index is 0.645. The zero-order chi connectivity index (χ0) is 18.6. The summed E-state index contributed by atoms with van der Waals surface area (Å²) in [6.07, 6.45) is 5.91. The number of fused-ring (bicyclic) bond motifs is 1. The fraction of sp³-hybridized carbons (Fsp3) is 0.143. The predicted octanol–water partition coefficient (Wildman–Crippen LogP) is 4.39. The van der Waals surface area contributed by atoms with Crippen LogP contribution in [0.5, 0.6) is 11.5 Å². The molecule has 1 aliphatic rings. The molecule has 0 spiro atoms. The van der Waals surface area contributed by atoms with Crippen molar-refractivity contribution >= 4 is 23.3 Å². The van der Waals surface area contributed by atoms with Crippen LogP contribution in [0.25, 0.3) is 11.1 Å². The molecule has 2 aromatic carbocycles. The van der Waals surface area contributed by atoms with Crippen molar-refractivity contribution in [2.45, 2.75) is 6.42 Å². The van der Waals surface area contributed by atoms with Gasteiger partial charge < -0.3 is 9.47 Å². The van der Waals surface area contributed by atoms with Crippen molar-refractivity contribution < 1.29 is 9.47 Å². The summed E-state index contributed by atoms with van der Waals surface area (Å²) in [4.78, 5) is 9.38. The summed E-state index contributed by atoms with van der Waals surface area (Å²) >= 11 is 0. The van der Waals surface area contributed by atoms with Gasteiger partial charge in [0, 0.05) is 18.2 Å². The third-order valence-corrected chi connectivity index (χ3v) is 4.38. The van der Waals surface area contributed by atoms with E-state index in [4.69, 9.17) is 14.5 Å². The lowest BCUT2D eigenvalue weighted by molar-refractivity contribution is 0.355. The number of hydrogen-bond donors (Lipinski definition) is 0. The molecule has 0 radical (unpaired) electrons. The Kier molecular flexibility index (Phi) is 4.61. The molecule has 0 aliphatic carbocycles. The van der Waals surface area contributed by atoms with Crippen molar-refractivity contribution in [2.24, 2.45) is 9.98 Å². The Bertz CT molecular complexity index is 1030. The molecule has 0 saturated heterocycles. The first-order valence-corrected chi connectivity index (χ1v) is 8.52. The number of aliphatic imine (C=N–C) groups is 2. The Morgan fingerprint density at radius 1 is 0.778 bits per heavy atom. The Labute approximate surface area is 157 Å². The average molecular weight is 358 g/mol. The van der Waals surface area contributed by atoms with Gasteiger partial charge in [-0.05, 0) is 41.5 Å². The maximum atomic E-state index is 5.41. The minimum atomic E-state index is 0.645. The van der Waals surface area contributed by atoms with E-state index in [1.165, 1.54) is 0 Å². The van der Waals surface area contributed by atoms with Crippen LogP contribution in [-0.2, 0) is 0 Å². The molecule has 0 amide bonds. The molecule has 0 atom stereocenters. The second kappa shape index (κ2) is 7.37. The monoisotopic (exact) mass is 358 g/mol. The molecule has 2 heterocycles. The quantitative estimate of drug-likeness (QED) is 0.694. The third-order valence-electron chi connectivity index (χ3n) is 4.38. The van der Waals surface area contributed by atoms with E-state index in [0.29, 0.717) is 17.9 Å². The van der Waals surface area contributed by atoms with Crippen molar-refractivity contribution in [3.8, 4) is 22.6 Å². The van der Waals surface area contributed by atoms with Crippen LogP contribution in [-0.4, -0.2) is 36.3 Å². The lowest BCUT2D eigenvalue weighted by Crippen LogP contribution is -2.01. The first-order chi connectivity index (χ1) is 13.3. The fourth-order valence-electron chi connectivity index (χ4n) is 2.98. The van der Waals surface area contributed by atoms with Gasteiger partial charge in [0.25, 0.3) is 0 Å². The fourth-order valence-corrected chi connectivity index (χ4v) is 2.98. The molecule has 6 nitrogen and oxygen atoms in total. The van der Waals surface area contributed by atoms with Crippen molar-refractivity contribution in [3.05, 3.63) is 60.4 Å². The zero-order valence-corrected chi connectivity index (χ0v) is 15.1. The Morgan fingerprint density at radius 2 is 1.59 bits per heavy atom. The number of rotatable bonds is 4. The summed E-state index contributed by atoms with van der Waals surface area (Å²) in [7, 11) is 3.26. The second-order valence-corrected chi connectivity index (χ2v) is 5.98. The molecule has 0 N–H and O–H groups in total. The third kappa shape index (κ3) is 3.42. The van der Waals surface area contributed by atoms with E-state index in [2.05, 4.69) is 15.2 Å². The Balaban J connectivity index is 1.73. The van der Waals surface area contributed by atoms with Gasteiger partial charge in [-0.25, -0.2) is 0 Å². The summed E-state index contributed by atoms with van der Waals surface area (Å²) in [6.45, 7) is 0. The minimum Gasteiger partial charge on any atom is -0.493 e. The van der Waals surface area contributed by atoms with Gasteiger partial charge in [-0.1, -0.05) is 12.1 Å². The first kappa shape index (κ1) is 16.9. The van der Waals surface area contributed by atoms with E-state index in [1.807, 2.05) is 48.7 Å². The molecule has 0 saturated carbocycles. The van der Waals surface area contributed by atoms with Gasteiger partial charge in [-0.3, -0.25) is 9.98 Å². The summed E-state index contributed by atoms with van der Waals surface area (Å²) in [5, 5.41) is 7.75. The first-order valence-electron chi connectivity index (χ1n) is 8.52. The predicted molar refractivity (Wildman–Crippen MR) is 106 cm³/mol. The Morgan fingerprint density at radius 3 is 2.37 bits per heavy atom. The van der Waals surface area contributed by atoms with Gasteiger partial charge in [0.05, 0.1) is 43.7 Å². The van der Waals surface area contributed by atoms with E-state index in [1.54, 1.807) is 26.6 Å². The highest BCUT2D eigenvalue weighted by Gasteiger charge is 2.12. The van der Waals surface area contributed by atoms with E-state index in [-0.39, 0.29) is 0 Å². The molecule has 27 heavy (non-hydrogen) atoms. The molecule has 3 aromatic rings. The Hall–Kier alpha value is -3.54. The van der Waals surface area contributed by atoms with E-state index in [0.717, 1.165) is 33.8 Å². The summed E-state index contributed by atoms with van der Waals surface area (Å²) < 4.78 is 10.7. The molecule has 4 rings (SSSR count). The molecular formula is C21H18N4O2. The van der Waals surface area contributed by atoms with Crippen molar-refractivity contribution in [3.63, 3.8) is 0 Å². The molecule has 0 bridgehead atoms. The average Bonchev–Trinajstić information content (AvgIpc) is 2.95. The molecule has 0 fully saturated rings. The van der Waals surface area contributed by atoms with Crippen molar-refractivity contribution in [2.75, 3.05) is 14.2 Å². The number of hydrogen-bond acceptors (Lipinski definition) is 6. The van der Waals surface area contributed by atoms with Gasteiger partial charge in [0.2, 0.25) is 0 Å². The van der Waals surface area contributed by atoms with E-state index in [9.17, 15) is 0 Å². The van der Waals surface area contributed by atoms with Crippen LogP contribution in [0.3, 0.4) is 0 Å². The largest absolute Gasteiger partial charge is 0.493 e. The molecule has 0 unspecified atom stereocenters. The highest BCUT2D eigenvalue weighted by Crippen LogP contribution is 2.37. The highest BCUT2D eigenvalue weighted by atomic mass is 16.5. The van der Waals surface area contributed by atoms with E-state index < -0.39 is 0 Å². The van der Waals surface area contributed by atoms with Crippen LogP contribution in [0.15, 0.2) is 64.8 Å². The second-order valence-electron chi connectivity index (χ2n) is 5.98. The van der Waals surface area contributed by atoms with E-state index >= 15 is 0 Å². The van der Waals surface area contributed by atoms with Crippen LogP contribution in [0.4, 0.5) is 11.4 Å². The smallest absolute Gasteiger partial charge is 0.161 e. The van der Waals surface area contributed by atoms with Crippen LogP contribution < -0.4 is 9.47 Å². The van der Waals surface area contributed by atoms with Gasteiger partial charge >= 0.3 is 0 Å². The summed E-state index contributed by atoms with van der Waals surface area (Å²) in [5.41, 5.74) is 5.60. The van der Waals surface area contributed by atoms with Crippen LogP contribution in [0.1, 0.15) is 12.0 Å². The standard InChI is InChI=1S/C21H18N4O2/c1-26-20-6-4-15(12-21(20)27-2)14-3-5-18-19(11-14)22-9-8-17(25-18)16-7-10-23-24-13-16/h3-7,9-13H,8H2,1-2H3. The number of benzene rings is 2. The number of methoxy groups -OCH3 is 2. The van der Waals surface area contributed by atoms with Gasteiger partial charge in [-0.15, -0.1) is 0 Å². The molecule has 1 aromatic heterocycles. The molecule has 134 valence electrons. The summed E-state index contributed by atoms with van der Waals surface area (Å²) in [6, 6.07) is 13.8. The molecular weight excluding hydrogens is 340 g/mol. The van der Waals surface area contributed by atoms with Gasteiger partial charge in [0.1, 0.15) is 0 Å². The van der Waals surface area contributed by atoms with Crippen LogP contribution in [0, 0.1) is 0 Å². The lowest BCUT2D eigenvalue weighted by Gasteiger charge is -2.10. The van der Waals surface area contributed by atoms with Crippen LogP contribution >= 0.6 is 0 Å². The number of aromatic nitrogens is 2. The van der Waals surface area contributed by atoms with Crippen molar-refractivity contribution in [1.82, 2.24) is 10.2 Å².